The number of ether oxygens (including phenoxy) is 2. The van der Waals surface area contributed by atoms with Crippen molar-refractivity contribution in [2.45, 2.75) is 33.0 Å². The van der Waals surface area contributed by atoms with E-state index in [4.69, 9.17) is 19.6 Å². The first-order chi connectivity index (χ1) is 20.3. The van der Waals surface area contributed by atoms with Crippen molar-refractivity contribution in [2.24, 2.45) is 0 Å². The molecule has 0 saturated heterocycles. The van der Waals surface area contributed by atoms with Gasteiger partial charge in [-0.1, -0.05) is 6.58 Å². The van der Waals surface area contributed by atoms with Gasteiger partial charge in [0.05, 0.1) is 36.6 Å². The van der Waals surface area contributed by atoms with Crippen molar-refractivity contribution in [1.29, 1.82) is 0 Å². The lowest BCUT2D eigenvalue weighted by atomic mass is 9.98. The highest BCUT2D eigenvalue weighted by atomic mass is 32.1. The van der Waals surface area contributed by atoms with Gasteiger partial charge in [0.2, 0.25) is 5.91 Å². The molecule has 216 valence electrons. The molecule has 1 aliphatic rings. The number of pyridine rings is 1. The van der Waals surface area contributed by atoms with E-state index < -0.39 is 11.6 Å². The summed E-state index contributed by atoms with van der Waals surface area (Å²) in [4.78, 5) is 23.6. The molecule has 0 unspecified atom stereocenters. The Morgan fingerprint density at radius 3 is 2.81 bits per heavy atom. The zero-order valence-corrected chi connectivity index (χ0v) is 24.1. The Morgan fingerprint density at radius 1 is 1.24 bits per heavy atom. The maximum absolute atomic E-state index is 15.9. The summed E-state index contributed by atoms with van der Waals surface area (Å²) in [5.74, 6) is -1.08. The molecule has 4 aromatic heterocycles. The Hall–Kier alpha value is -4.42. The van der Waals surface area contributed by atoms with Crippen LogP contribution < -0.4 is 4.74 Å². The number of imidazole rings is 1. The second kappa shape index (κ2) is 11.1. The van der Waals surface area contributed by atoms with Crippen LogP contribution in [-0.2, 0) is 22.6 Å². The van der Waals surface area contributed by atoms with Crippen LogP contribution in [0.25, 0.3) is 38.4 Å². The molecule has 1 aliphatic heterocycles. The second-order valence-electron chi connectivity index (χ2n) is 10.1. The van der Waals surface area contributed by atoms with Crippen LogP contribution in [0.1, 0.15) is 18.3 Å². The summed E-state index contributed by atoms with van der Waals surface area (Å²) in [5, 5.41) is 7.54. The number of aromatic nitrogens is 5. The van der Waals surface area contributed by atoms with Gasteiger partial charge in [-0.15, -0.1) is 11.3 Å². The predicted octanol–water partition coefficient (Wildman–Crippen LogP) is 5.54. The molecule has 1 amide bonds. The SMILES string of the molecule is C=CC(=O)N1Cc2cc(-c3nc(-n4cnc(C)c4)c4ccsc4c3-c3c(F)cc(F)cc3OCCOC)nn2C[C@H]1C. The zero-order valence-electron chi connectivity index (χ0n) is 23.3. The Bertz CT molecular complexity index is 1830. The van der Waals surface area contributed by atoms with Crippen molar-refractivity contribution in [3.63, 3.8) is 0 Å². The number of thiophene rings is 1. The molecule has 5 heterocycles. The number of halogens is 2. The Labute approximate surface area is 244 Å². The monoisotopic (exact) mass is 590 g/mol. The van der Waals surface area contributed by atoms with Gasteiger partial charge in [-0.2, -0.15) is 5.10 Å². The highest BCUT2D eigenvalue weighted by Gasteiger charge is 2.30. The van der Waals surface area contributed by atoms with E-state index in [-0.39, 0.29) is 36.5 Å². The van der Waals surface area contributed by atoms with E-state index in [2.05, 4.69) is 11.6 Å². The number of aryl methyl sites for hydroxylation is 1. The fourth-order valence-electron chi connectivity index (χ4n) is 5.25. The van der Waals surface area contributed by atoms with Gasteiger partial charge in [-0.05, 0) is 37.4 Å². The van der Waals surface area contributed by atoms with Crippen LogP contribution in [-0.4, -0.2) is 61.5 Å². The third kappa shape index (κ3) is 4.86. The summed E-state index contributed by atoms with van der Waals surface area (Å²) in [6, 6.07) is 5.67. The molecule has 42 heavy (non-hydrogen) atoms. The molecule has 0 fully saturated rings. The van der Waals surface area contributed by atoms with E-state index in [1.54, 1.807) is 11.2 Å². The van der Waals surface area contributed by atoms with Gasteiger partial charge >= 0.3 is 0 Å². The predicted molar refractivity (Wildman–Crippen MR) is 156 cm³/mol. The van der Waals surface area contributed by atoms with Crippen molar-refractivity contribution in [3.05, 3.63) is 77.8 Å². The maximum atomic E-state index is 15.9. The molecule has 0 saturated carbocycles. The molecular weight excluding hydrogens is 562 g/mol. The van der Waals surface area contributed by atoms with Gasteiger partial charge in [0.15, 0.2) is 0 Å². The number of methoxy groups -OCH3 is 1. The average Bonchev–Trinajstić information content (AvgIpc) is 3.71. The van der Waals surface area contributed by atoms with E-state index in [1.807, 2.05) is 46.8 Å². The van der Waals surface area contributed by atoms with E-state index in [0.29, 0.717) is 35.9 Å². The van der Waals surface area contributed by atoms with E-state index in [1.165, 1.54) is 30.6 Å². The number of fused-ring (bicyclic) bond motifs is 2. The molecule has 6 rings (SSSR count). The van der Waals surface area contributed by atoms with Crippen molar-refractivity contribution in [3.8, 4) is 34.1 Å². The van der Waals surface area contributed by atoms with Crippen LogP contribution in [0, 0.1) is 18.6 Å². The molecule has 5 aromatic rings. The average molecular weight is 591 g/mol. The standard InChI is InChI=1S/C30H28F2N6O3S/c1-5-25(39)37-15-20-12-23(35-38(20)14-18(37)3)28-27(26-22(32)10-19(31)11-24(26)41-8-7-40-4)29-21(6-9-42-29)30(34-28)36-13-17(2)33-16-36/h5-6,9-13,16,18H,1,7-8,14-15H2,2-4H3/t18-/m1/s1. The summed E-state index contributed by atoms with van der Waals surface area (Å²) < 4.78 is 45.7. The number of rotatable bonds is 8. The molecule has 1 aromatic carbocycles. The van der Waals surface area contributed by atoms with Crippen LogP contribution in [0.15, 0.2) is 54.8 Å². The normalized spacial score (nSPS) is 14.8. The number of carbonyl (C=O) groups excluding carboxylic acids is 1. The first kappa shape index (κ1) is 27.7. The van der Waals surface area contributed by atoms with Crippen LogP contribution in [0.3, 0.4) is 0 Å². The molecule has 0 radical (unpaired) electrons. The number of hydrogen-bond acceptors (Lipinski definition) is 7. The van der Waals surface area contributed by atoms with E-state index in [9.17, 15) is 9.18 Å². The molecule has 0 N–H and O–H groups in total. The summed E-state index contributed by atoms with van der Waals surface area (Å²) in [5.41, 5.74) is 3.01. The van der Waals surface area contributed by atoms with Gasteiger partial charge in [-0.25, -0.2) is 18.7 Å². The van der Waals surface area contributed by atoms with Crippen LogP contribution in [0.4, 0.5) is 8.78 Å². The zero-order chi connectivity index (χ0) is 29.5. The molecular formula is C30H28F2N6O3S. The minimum Gasteiger partial charge on any atom is -0.490 e. The summed E-state index contributed by atoms with van der Waals surface area (Å²) in [6.07, 6.45) is 4.84. The maximum Gasteiger partial charge on any atom is 0.246 e. The van der Waals surface area contributed by atoms with Gasteiger partial charge in [0.1, 0.15) is 47.5 Å². The molecule has 1 atom stereocenters. The number of amides is 1. The quantitative estimate of drug-likeness (QED) is 0.174. The number of nitrogens with zero attached hydrogens (tertiary/aromatic N) is 6. The van der Waals surface area contributed by atoms with Crippen LogP contribution in [0.2, 0.25) is 0 Å². The first-order valence-electron chi connectivity index (χ1n) is 13.3. The lowest BCUT2D eigenvalue weighted by molar-refractivity contribution is -0.129. The third-order valence-electron chi connectivity index (χ3n) is 7.22. The van der Waals surface area contributed by atoms with E-state index in [0.717, 1.165) is 27.5 Å². The number of hydrogen-bond donors (Lipinski definition) is 0. The van der Waals surface area contributed by atoms with Crippen LogP contribution >= 0.6 is 11.3 Å². The fraction of sp³-hybridized carbons (Fsp3) is 0.267. The summed E-state index contributed by atoms with van der Waals surface area (Å²) in [6.45, 7) is 8.59. The Morgan fingerprint density at radius 2 is 2.07 bits per heavy atom. The highest BCUT2D eigenvalue weighted by molar-refractivity contribution is 7.18. The van der Waals surface area contributed by atoms with Gasteiger partial charge in [-0.3, -0.25) is 14.0 Å². The highest BCUT2D eigenvalue weighted by Crippen LogP contribution is 2.46. The lowest BCUT2D eigenvalue weighted by Crippen LogP contribution is -2.44. The van der Waals surface area contributed by atoms with Crippen molar-refractivity contribution < 1.29 is 23.0 Å². The molecule has 12 heteroatoms. The second-order valence-corrected chi connectivity index (χ2v) is 11.0. The first-order valence-corrected chi connectivity index (χ1v) is 14.2. The largest absolute Gasteiger partial charge is 0.490 e. The number of carbonyl (C=O) groups is 1. The minimum atomic E-state index is -0.785. The minimum absolute atomic E-state index is 0.0360. The molecule has 0 spiro atoms. The van der Waals surface area contributed by atoms with Gasteiger partial charge in [0.25, 0.3) is 0 Å². The summed E-state index contributed by atoms with van der Waals surface area (Å²) >= 11 is 1.41. The van der Waals surface area contributed by atoms with Crippen LogP contribution in [0.5, 0.6) is 5.75 Å². The van der Waals surface area contributed by atoms with Gasteiger partial charge < -0.3 is 14.4 Å². The third-order valence-corrected chi connectivity index (χ3v) is 8.15. The van der Waals surface area contributed by atoms with Crippen molar-refractivity contribution in [2.75, 3.05) is 20.3 Å². The number of benzene rings is 1. The summed E-state index contributed by atoms with van der Waals surface area (Å²) in [7, 11) is 1.52. The lowest BCUT2D eigenvalue weighted by Gasteiger charge is -2.33. The molecule has 9 nitrogen and oxygen atoms in total. The molecule has 0 bridgehead atoms. The topological polar surface area (TPSA) is 87.3 Å². The Balaban J connectivity index is 1.61. The van der Waals surface area contributed by atoms with Crippen molar-refractivity contribution >= 4 is 27.3 Å². The van der Waals surface area contributed by atoms with E-state index >= 15 is 4.39 Å². The smallest absolute Gasteiger partial charge is 0.246 e. The van der Waals surface area contributed by atoms with Gasteiger partial charge in [0, 0.05) is 47.1 Å². The fourth-order valence-corrected chi connectivity index (χ4v) is 6.19. The molecule has 0 aliphatic carbocycles. The Kier molecular flexibility index (Phi) is 7.33. The van der Waals surface area contributed by atoms with Crippen molar-refractivity contribution in [1.82, 2.24) is 29.2 Å².